The Morgan fingerprint density at radius 2 is 2.12 bits per heavy atom. The lowest BCUT2D eigenvalue weighted by Gasteiger charge is -2.36. The molecule has 4 rings (SSSR count). The van der Waals surface area contributed by atoms with Gasteiger partial charge < -0.3 is 9.88 Å². The SMILES string of the molecule is Cc1cc(C)n(C[C@H]2CCCCN2C(=O)c2ccc3cc[nH]c3c2)n1. The van der Waals surface area contributed by atoms with Crippen LogP contribution in [-0.4, -0.2) is 38.2 Å². The molecular weight excluding hydrogens is 312 g/mol. The molecule has 1 aromatic carbocycles. The van der Waals surface area contributed by atoms with Crippen LogP contribution in [0.25, 0.3) is 10.9 Å². The topological polar surface area (TPSA) is 53.9 Å². The first-order valence-electron chi connectivity index (χ1n) is 9.01. The lowest BCUT2D eigenvalue weighted by atomic mass is 10.0. The molecular formula is C20H24N4O. The van der Waals surface area contributed by atoms with E-state index in [9.17, 15) is 4.79 Å². The second-order valence-electron chi connectivity index (χ2n) is 7.04. The van der Waals surface area contributed by atoms with Crippen molar-refractivity contribution in [2.75, 3.05) is 6.54 Å². The standard InChI is InChI=1S/C20H24N4O/c1-14-11-15(2)24(22-14)13-18-5-3-4-10-23(18)20(25)17-7-6-16-8-9-21-19(16)12-17/h6-9,11-12,18,21H,3-5,10,13H2,1-2H3/t18-/m1/s1. The molecule has 1 N–H and O–H groups in total. The van der Waals surface area contributed by atoms with Gasteiger partial charge in [0.1, 0.15) is 0 Å². The number of carbonyl (C=O) groups excluding carboxylic acids is 1. The number of H-pyrrole nitrogens is 1. The summed E-state index contributed by atoms with van der Waals surface area (Å²) in [5.74, 6) is 0.128. The summed E-state index contributed by atoms with van der Waals surface area (Å²) in [6.45, 7) is 5.69. The van der Waals surface area contributed by atoms with E-state index in [2.05, 4.69) is 23.1 Å². The number of nitrogens with zero attached hydrogens (tertiary/aromatic N) is 3. The van der Waals surface area contributed by atoms with Crippen molar-refractivity contribution in [2.45, 2.75) is 45.7 Å². The maximum Gasteiger partial charge on any atom is 0.254 e. The number of hydrogen-bond donors (Lipinski definition) is 1. The van der Waals surface area contributed by atoms with Crippen LogP contribution in [0.4, 0.5) is 0 Å². The maximum atomic E-state index is 13.1. The van der Waals surface area contributed by atoms with Gasteiger partial charge in [-0.1, -0.05) is 6.07 Å². The number of aromatic amines is 1. The molecule has 25 heavy (non-hydrogen) atoms. The van der Waals surface area contributed by atoms with Gasteiger partial charge in [-0.05, 0) is 62.8 Å². The molecule has 1 aliphatic rings. The van der Waals surface area contributed by atoms with Crippen LogP contribution in [0, 0.1) is 13.8 Å². The lowest BCUT2D eigenvalue weighted by Crippen LogP contribution is -2.46. The highest BCUT2D eigenvalue weighted by atomic mass is 16.2. The molecule has 0 spiro atoms. The molecule has 0 bridgehead atoms. The molecule has 1 saturated heterocycles. The third kappa shape index (κ3) is 3.06. The van der Waals surface area contributed by atoms with E-state index in [1.165, 1.54) is 6.42 Å². The Kier molecular flexibility index (Phi) is 4.07. The first kappa shape index (κ1) is 15.9. The molecule has 3 aromatic rings. The van der Waals surface area contributed by atoms with Gasteiger partial charge in [0.2, 0.25) is 0 Å². The minimum Gasteiger partial charge on any atom is -0.361 e. The van der Waals surface area contributed by atoms with Crippen LogP contribution >= 0.6 is 0 Å². The van der Waals surface area contributed by atoms with Gasteiger partial charge in [-0.25, -0.2) is 0 Å². The Hall–Kier alpha value is -2.56. The number of aromatic nitrogens is 3. The van der Waals surface area contributed by atoms with Gasteiger partial charge >= 0.3 is 0 Å². The summed E-state index contributed by atoms with van der Waals surface area (Å²) in [4.78, 5) is 18.4. The molecule has 0 radical (unpaired) electrons. The van der Waals surface area contributed by atoms with Crippen LogP contribution in [0.1, 0.15) is 41.0 Å². The summed E-state index contributed by atoms with van der Waals surface area (Å²) in [7, 11) is 0. The second kappa shape index (κ2) is 6.39. The monoisotopic (exact) mass is 336 g/mol. The van der Waals surface area contributed by atoms with E-state index < -0.39 is 0 Å². The van der Waals surface area contributed by atoms with Crippen LogP contribution in [0.3, 0.4) is 0 Å². The van der Waals surface area contributed by atoms with E-state index >= 15 is 0 Å². The highest BCUT2D eigenvalue weighted by Crippen LogP contribution is 2.23. The zero-order valence-electron chi connectivity index (χ0n) is 14.8. The molecule has 0 aliphatic carbocycles. The van der Waals surface area contributed by atoms with Gasteiger partial charge in [0.15, 0.2) is 0 Å². The van der Waals surface area contributed by atoms with Crippen LogP contribution in [0.5, 0.6) is 0 Å². The summed E-state index contributed by atoms with van der Waals surface area (Å²) in [5, 5.41) is 5.71. The summed E-state index contributed by atoms with van der Waals surface area (Å²) in [5.41, 5.74) is 3.96. The number of nitrogens with one attached hydrogen (secondary N) is 1. The largest absolute Gasteiger partial charge is 0.361 e. The first-order valence-corrected chi connectivity index (χ1v) is 9.01. The summed E-state index contributed by atoms with van der Waals surface area (Å²) in [6.07, 6.45) is 5.19. The average Bonchev–Trinajstić information content (AvgIpc) is 3.20. The van der Waals surface area contributed by atoms with Gasteiger partial charge in [-0.3, -0.25) is 9.48 Å². The Balaban J connectivity index is 1.59. The number of piperidine rings is 1. The predicted molar refractivity (Wildman–Crippen MR) is 98.7 cm³/mol. The highest BCUT2D eigenvalue weighted by Gasteiger charge is 2.28. The fraction of sp³-hybridized carbons (Fsp3) is 0.400. The van der Waals surface area contributed by atoms with Crippen LogP contribution in [0.15, 0.2) is 36.5 Å². The zero-order valence-corrected chi connectivity index (χ0v) is 14.8. The van der Waals surface area contributed by atoms with Gasteiger partial charge in [0, 0.05) is 29.5 Å². The third-order valence-electron chi connectivity index (χ3n) is 5.18. The van der Waals surface area contributed by atoms with E-state index in [0.717, 1.165) is 53.8 Å². The minimum absolute atomic E-state index is 0.128. The van der Waals surface area contributed by atoms with Gasteiger partial charge in [-0.2, -0.15) is 5.10 Å². The molecule has 5 nitrogen and oxygen atoms in total. The lowest BCUT2D eigenvalue weighted by molar-refractivity contribution is 0.0583. The Bertz CT molecular complexity index is 907. The predicted octanol–water partition coefficient (Wildman–Crippen LogP) is 3.68. The molecule has 3 heterocycles. The molecule has 1 fully saturated rings. The first-order chi connectivity index (χ1) is 12.1. The van der Waals surface area contributed by atoms with E-state index in [0.29, 0.717) is 0 Å². The number of amides is 1. The van der Waals surface area contributed by atoms with Gasteiger partial charge in [0.05, 0.1) is 18.3 Å². The van der Waals surface area contributed by atoms with Crippen LogP contribution < -0.4 is 0 Å². The molecule has 0 saturated carbocycles. The highest BCUT2D eigenvalue weighted by molar-refractivity contribution is 5.98. The summed E-state index contributed by atoms with van der Waals surface area (Å²) in [6, 6.07) is 10.2. The maximum absolute atomic E-state index is 13.1. The quantitative estimate of drug-likeness (QED) is 0.793. The fourth-order valence-electron chi connectivity index (χ4n) is 3.86. The number of fused-ring (bicyclic) bond motifs is 1. The van der Waals surface area contributed by atoms with E-state index in [1.807, 2.05) is 47.0 Å². The Morgan fingerprint density at radius 3 is 2.92 bits per heavy atom. The van der Waals surface area contributed by atoms with Gasteiger partial charge in [-0.15, -0.1) is 0 Å². The third-order valence-corrected chi connectivity index (χ3v) is 5.18. The number of carbonyl (C=O) groups is 1. The number of aryl methyl sites for hydroxylation is 2. The summed E-state index contributed by atoms with van der Waals surface area (Å²) >= 11 is 0. The van der Waals surface area contributed by atoms with Crippen molar-refractivity contribution in [2.24, 2.45) is 0 Å². The Morgan fingerprint density at radius 1 is 1.24 bits per heavy atom. The number of likely N-dealkylation sites (tertiary alicyclic amines) is 1. The summed E-state index contributed by atoms with van der Waals surface area (Å²) < 4.78 is 2.04. The van der Waals surface area contributed by atoms with E-state index in [1.54, 1.807) is 0 Å². The Labute approximate surface area is 147 Å². The molecule has 2 aromatic heterocycles. The zero-order chi connectivity index (χ0) is 17.4. The number of hydrogen-bond acceptors (Lipinski definition) is 2. The minimum atomic E-state index is 0.128. The smallest absolute Gasteiger partial charge is 0.254 e. The van der Waals surface area contributed by atoms with Crippen molar-refractivity contribution in [3.8, 4) is 0 Å². The molecule has 1 aliphatic heterocycles. The van der Waals surface area contributed by atoms with Crippen LogP contribution in [-0.2, 0) is 6.54 Å². The number of rotatable bonds is 3. The molecule has 130 valence electrons. The van der Waals surface area contributed by atoms with Crippen molar-refractivity contribution in [1.29, 1.82) is 0 Å². The average molecular weight is 336 g/mol. The molecule has 1 amide bonds. The van der Waals surface area contributed by atoms with Crippen molar-refractivity contribution in [1.82, 2.24) is 19.7 Å². The van der Waals surface area contributed by atoms with E-state index in [-0.39, 0.29) is 11.9 Å². The van der Waals surface area contributed by atoms with Crippen molar-refractivity contribution >= 4 is 16.8 Å². The van der Waals surface area contributed by atoms with Crippen LogP contribution in [0.2, 0.25) is 0 Å². The normalized spacial score (nSPS) is 18.0. The molecule has 5 heteroatoms. The van der Waals surface area contributed by atoms with Crippen molar-refractivity contribution in [3.05, 3.63) is 53.5 Å². The van der Waals surface area contributed by atoms with Crippen molar-refractivity contribution < 1.29 is 4.79 Å². The number of benzene rings is 1. The molecule has 1 atom stereocenters. The van der Waals surface area contributed by atoms with Gasteiger partial charge in [0.25, 0.3) is 5.91 Å². The second-order valence-corrected chi connectivity index (χ2v) is 7.04. The molecule has 0 unspecified atom stereocenters. The fourth-order valence-corrected chi connectivity index (χ4v) is 3.86. The van der Waals surface area contributed by atoms with Crippen molar-refractivity contribution in [3.63, 3.8) is 0 Å². The van der Waals surface area contributed by atoms with E-state index in [4.69, 9.17) is 0 Å².